The topological polar surface area (TPSA) is 87.7 Å². The van der Waals surface area contributed by atoms with Gasteiger partial charge >= 0.3 is 5.97 Å². The molecule has 1 heterocycles. The average molecular weight is 571 g/mol. The van der Waals surface area contributed by atoms with Gasteiger partial charge in [0.2, 0.25) is 5.43 Å². The molecular weight excluding hydrogens is 565 g/mol. The number of carbonyl (C=O) groups is 1. The Kier molecular flexibility index (Phi) is 6.18. The predicted octanol–water partition coefficient (Wildman–Crippen LogP) is 8.18. The number of phenols is 1. The van der Waals surface area contributed by atoms with Gasteiger partial charge in [0.25, 0.3) is 0 Å². The summed E-state index contributed by atoms with van der Waals surface area (Å²) in [6.07, 6.45) is 0. The molecule has 12 heteroatoms. The molecule has 2 aromatic rings. The largest absolute Gasteiger partial charge is 0.505 e. The second-order valence-corrected chi connectivity index (χ2v) is 9.34. The van der Waals surface area contributed by atoms with E-state index in [-0.39, 0.29) is 74.0 Å². The molecule has 0 amide bonds. The molecule has 0 unspecified atom stereocenters. The van der Waals surface area contributed by atoms with Crippen LogP contribution in [0.15, 0.2) is 32.3 Å². The first-order chi connectivity index (χ1) is 15.0. The smallest absolute Gasteiger partial charge is 0.337 e. The zero-order valence-electron chi connectivity index (χ0n) is 15.1. The highest BCUT2D eigenvalue weighted by Gasteiger charge is 2.31. The Hall–Kier alpha value is -1.51. The van der Waals surface area contributed by atoms with Gasteiger partial charge in [-0.15, -0.1) is 12.6 Å². The monoisotopic (exact) mass is 568 g/mol. The van der Waals surface area contributed by atoms with E-state index in [1.54, 1.807) is 0 Å². The van der Waals surface area contributed by atoms with Crippen molar-refractivity contribution in [2.45, 2.75) is 4.90 Å². The second kappa shape index (κ2) is 8.37. The molecule has 0 spiro atoms. The van der Waals surface area contributed by atoms with Gasteiger partial charge in [-0.3, -0.25) is 4.79 Å². The molecule has 2 aliphatic rings. The minimum atomic E-state index is -1.39. The Morgan fingerprint density at radius 2 is 1.53 bits per heavy atom. The van der Waals surface area contributed by atoms with E-state index in [4.69, 9.17) is 74.0 Å². The maximum Gasteiger partial charge on any atom is 0.337 e. The second-order valence-electron chi connectivity index (χ2n) is 6.50. The van der Waals surface area contributed by atoms with Crippen molar-refractivity contribution in [2.24, 2.45) is 0 Å². The molecule has 0 bridgehead atoms. The molecule has 2 aromatic carbocycles. The van der Waals surface area contributed by atoms with Gasteiger partial charge in [-0.05, 0) is 18.2 Å². The van der Waals surface area contributed by atoms with E-state index in [0.717, 1.165) is 0 Å². The molecular formula is C20H6Cl6O5S. The summed E-state index contributed by atoms with van der Waals surface area (Å²) in [6.45, 7) is 0. The standard InChI is InChI=1S/C20H6Cl6O5S/c21-6-3-9(32)13(24)12(11(6)20(29)30)10-4-1-7(22)16(27)14(25)18(4)31-19-5(10)2-8(23)17(28)15(19)26/h1-3,27,32H,(H,29,30). The van der Waals surface area contributed by atoms with Crippen molar-refractivity contribution in [3.8, 4) is 28.2 Å². The Balaban J connectivity index is 2.42. The number of benzene rings is 3. The lowest BCUT2D eigenvalue weighted by Crippen LogP contribution is -2.08. The summed E-state index contributed by atoms with van der Waals surface area (Å²) in [5.41, 5.74) is -1.05. The number of hydrogen-bond donors (Lipinski definition) is 3. The number of aromatic hydroxyl groups is 1. The van der Waals surface area contributed by atoms with E-state index in [9.17, 15) is 19.8 Å². The zero-order valence-corrected chi connectivity index (χ0v) is 20.5. The van der Waals surface area contributed by atoms with Crippen LogP contribution in [-0.4, -0.2) is 16.2 Å². The number of carboxylic acid groups (broad SMARTS) is 1. The van der Waals surface area contributed by atoms with E-state index < -0.39 is 17.1 Å². The van der Waals surface area contributed by atoms with Crippen molar-refractivity contribution in [3.05, 3.63) is 64.1 Å². The number of halogens is 6. The van der Waals surface area contributed by atoms with Crippen molar-refractivity contribution in [1.82, 2.24) is 0 Å². The molecule has 0 saturated carbocycles. The van der Waals surface area contributed by atoms with Gasteiger partial charge in [0, 0.05) is 27.0 Å². The first-order valence-corrected chi connectivity index (χ1v) is 11.1. The number of rotatable bonds is 2. The van der Waals surface area contributed by atoms with E-state index >= 15 is 0 Å². The molecule has 164 valence electrons. The van der Waals surface area contributed by atoms with Crippen molar-refractivity contribution in [1.29, 1.82) is 0 Å². The Bertz CT molecular complexity index is 1510. The third-order valence-corrected chi connectivity index (χ3v) is 7.12. The molecule has 1 aliphatic carbocycles. The van der Waals surface area contributed by atoms with E-state index in [1.807, 2.05) is 0 Å². The van der Waals surface area contributed by atoms with Gasteiger partial charge in [0.15, 0.2) is 17.1 Å². The van der Waals surface area contributed by atoms with Crippen LogP contribution in [0, 0.1) is 0 Å². The number of aromatic carboxylic acids is 1. The summed E-state index contributed by atoms with van der Waals surface area (Å²) in [5, 5.41) is 18.9. The lowest BCUT2D eigenvalue weighted by molar-refractivity contribution is 0.0698. The molecule has 5 nitrogen and oxygen atoms in total. The highest BCUT2D eigenvalue weighted by atomic mass is 35.5. The lowest BCUT2D eigenvalue weighted by Gasteiger charge is -2.21. The van der Waals surface area contributed by atoms with Crippen LogP contribution in [0.25, 0.3) is 33.4 Å². The third-order valence-electron chi connectivity index (χ3n) is 4.68. The number of hydrogen-bond acceptors (Lipinski definition) is 5. The van der Waals surface area contributed by atoms with Crippen LogP contribution in [0.3, 0.4) is 0 Å². The van der Waals surface area contributed by atoms with Crippen LogP contribution in [0.1, 0.15) is 10.4 Å². The van der Waals surface area contributed by atoms with Crippen molar-refractivity contribution in [2.75, 3.05) is 0 Å². The van der Waals surface area contributed by atoms with Crippen LogP contribution in [0.4, 0.5) is 0 Å². The predicted molar refractivity (Wildman–Crippen MR) is 130 cm³/mol. The fraction of sp³-hybridized carbons (Fsp3) is 0. The van der Waals surface area contributed by atoms with Crippen molar-refractivity contribution >= 4 is 99.2 Å². The summed E-state index contributed by atoms with van der Waals surface area (Å²) in [5.74, 6) is -2.05. The van der Waals surface area contributed by atoms with E-state index in [0.29, 0.717) is 0 Å². The van der Waals surface area contributed by atoms with Crippen LogP contribution in [0.5, 0.6) is 5.75 Å². The number of thiol groups is 1. The average Bonchev–Trinajstić information content (AvgIpc) is 2.72. The SMILES string of the molecule is O=C(O)c1c(Cl)cc(S)c(Cl)c1-c1c2cc(Cl)c(=O)c(Cl)c-2oc2c(Cl)c(O)c(Cl)cc12. The summed E-state index contributed by atoms with van der Waals surface area (Å²) in [6, 6.07) is 3.82. The molecule has 0 radical (unpaired) electrons. The Morgan fingerprint density at radius 3 is 2.16 bits per heavy atom. The number of carboxylic acids is 1. The first kappa shape index (κ1) is 23.6. The normalized spacial score (nSPS) is 11.5. The van der Waals surface area contributed by atoms with Crippen LogP contribution >= 0.6 is 82.2 Å². The third kappa shape index (κ3) is 3.49. The highest BCUT2D eigenvalue weighted by Crippen LogP contribution is 2.52. The molecule has 0 fully saturated rings. The van der Waals surface area contributed by atoms with Gasteiger partial charge in [-0.2, -0.15) is 0 Å². The minimum Gasteiger partial charge on any atom is -0.505 e. The summed E-state index contributed by atoms with van der Waals surface area (Å²) in [4.78, 5) is 24.7. The zero-order chi connectivity index (χ0) is 23.6. The molecule has 1 aliphatic heterocycles. The summed E-state index contributed by atoms with van der Waals surface area (Å²) in [7, 11) is 0. The van der Waals surface area contributed by atoms with Crippen molar-refractivity contribution in [3.63, 3.8) is 0 Å². The number of phenolic OH excluding ortho intramolecular Hbond substituents is 1. The first-order valence-electron chi connectivity index (χ1n) is 8.35. The van der Waals surface area contributed by atoms with Gasteiger partial charge in [-0.25, -0.2) is 4.79 Å². The Morgan fingerprint density at radius 1 is 0.875 bits per heavy atom. The summed E-state index contributed by atoms with van der Waals surface area (Å²) >= 11 is 41.7. The van der Waals surface area contributed by atoms with Gasteiger partial charge < -0.3 is 14.6 Å². The lowest BCUT2D eigenvalue weighted by atomic mass is 9.90. The fourth-order valence-corrected chi connectivity index (χ4v) is 5.15. The van der Waals surface area contributed by atoms with Gasteiger partial charge in [0.05, 0.1) is 25.7 Å². The van der Waals surface area contributed by atoms with Crippen LogP contribution in [-0.2, 0) is 0 Å². The number of fused-ring (bicyclic) bond motifs is 2. The molecule has 0 aromatic heterocycles. The van der Waals surface area contributed by atoms with Crippen LogP contribution in [0.2, 0.25) is 30.1 Å². The molecule has 2 N–H and O–H groups in total. The highest BCUT2D eigenvalue weighted by molar-refractivity contribution is 7.80. The molecule has 0 saturated heterocycles. The maximum atomic E-state index is 12.3. The van der Waals surface area contributed by atoms with E-state index in [1.165, 1.54) is 18.2 Å². The summed E-state index contributed by atoms with van der Waals surface area (Å²) < 4.78 is 5.76. The van der Waals surface area contributed by atoms with Gasteiger partial charge in [-0.1, -0.05) is 69.6 Å². The fourth-order valence-electron chi connectivity index (χ4n) is 3.32. The maximum absolute atomic E-state index is 12.3. The quantitative estimate of drug-likeness (QED) is 0.167. The molecule has 4 rings (SSSR count). The van der Waals surface area contributed by atoms with Crippen LogP contribution < -0.4 is 5.43 Å². The molecule has 32 heavy (non-hydrogen) atoms. The Labute approximate surface area is 214 Å². The van der Waals surface area contributed by atoms with E-state index in [2.05, 4.69) is 12.6 Å². The van der Waals surface area contributed by atoms with Crippen molar-refractivity contribution < 1.29 is 19.4 Å². The minimum absolute atomic E-state index is 0.0638. The van der Waals surface area contributed by atoms with Gasteiger partial charge in [0.1, 0.15) is 10.0 Å². The molecule has 0 atom stereocenters.